The van der Waals surface area contributed by atoms with E-state index in [1.54, 1.807) is 18.2 Å². The molecule has 0 unspecified atom stereocenters. The van der Waals surface area contributed by atoms with E-state index in [9.17, 15) is 4.79 Å². The first-order valence-corrected chi connectivity index (χ1v) is 10.1. The third-order valence-electron chi connectivity index (χ3n) is 4.63. The Morgan fingerprint density at radius 2 is 1.61 bits per heavy atom. The van der Waals surface area contributed by atoms with Crippen LogP contribution in [-0.2, 0) is 0 Å². The summed E-state index contributed by atoms with van der Waals surface area (Å²) in [6, 6.07) is 17.0. The average Bonchev–Trinajstić information content (AvgIpc) is 2.73. The van der Waals surface area contributed by atoms with Crippen molar-refractivity contribution < 1.29 is 14.3 Å². The number of benzene rings is 2. The monoisotopic (exact) mass is 398 g/mol. The van der Waals surface area contributed by atoms with Crippen molar-refractivity contribution >= 4 is 23.2 Å². The quantitative estimate of drug-likeness (QED) is 0.544. The fourth-order valence-corrected chi connectivity index (χ4v) is 3.47. The van der Waals surface area contributed by atoms with Crippen molar-refractivity contribution in [3.05, 3.63) is 60.2 Å². The molecule has 1 fully saturated rings. The first-order chi connectivity index (χ1) is 13.7. The van der Waals surface area contributed by atoms with Crippen LogP contribution in [-0.4, -0.2) is 30.3 Å². The summed E-state index contributed by atoms with van der Waals surface area (Å²) >= 11 is 5.29. The van der Waals surface area contributed by atoms with Crippen LogP contribution in [0, 0.1) is 0 Å². The first-order valence-electron chi connectivity index (χ1n) is 9.73. The molecule has 0 heterocycles. The number of rotatable bonds is 7. The van der Waals surface area contributed by atoms with E-state index in [1.807, 2.05) is 36.4 Å². The van der Waals surface area contributed by atoms with Crippen LogP contribution in [0.4, 0.5) is 0 Å². The average molecular weight is 399 g/mol. The predicted molar refractivity (Wildman–Crippen MR) is 114 cm³/mol. The Hall–Kier alpha value is -2.60. The third-order valence-corrected chi connectivity index (χ3v) is 4.85. The summed E-state index contributed by atoms with van der Waals surface area (Å²) in [7, 11) is 0. The molecule has 1 saturated carbocycles. The third kappa shape index (κ3) is 6.53. The maximum atomic E-state index is 12.4. The molecule has 0 radical (unpaired) electrons. The lowest BCUT2D eigenvalue weighted by Gasteiger charge is -2.24. The molecule has 1 aliphatic rings. The predicted octanol–water partition coefficient (Wildman–Crippen LogP) is 4.08. The minimum Gasteiger partial charge on any atom is -0.490 e. The molecule has 0 aromatic heterocycles. The van der Waals surface area contributed by atoms with E-state index < -0.39 is 0 Å². The molecule has 0 spiro atoms. The number of carbonyl (C=O) groups is 1. The van der Waals surface area contributed by atoms with Gasteiger partial charge in [0.15, 0.2) is 5.11 Å². The highest BCUT2D eigenvalue weighted by molar-refractivity contribution is 7.80. The van der Waals surface area contributed by atoms with Crippen LogP contribution < -0.4 is 20.1 Å². The number of amides is 1. The van der Waals surface area contributed by atoms with Crippen molar-refractivity contribution in [2.45, 2.75) is 38.1 Å². The molecule has 2 N–H and O–H groups in total. The van der Waals surface area contributed by atoms with Crippen molar-refractivity contribution in [1.82, 2.24) is 10.6 Å². The van der Waals surface area contributed by atoms with Crippen LogP contribution in [0.15, 0.2) is 54.6 Å². The van der Waals surface area contributed by atoms with Gasteiger partial charge < -0.3 is 14.8 Å². The highest BCUT2D eigenvalue weighted by atomic mass is 32.1. The van der Waals surface area contributed by atoms with Gasteiger partial charge in [0.1, 0.15) is 24.7 Å². The topological polar surface area (TPSA) is 59.6 Å². The van der Waals surface area contributed by atoms with E-state index in [-0.39, 0.29) is 5.91 Å². The molecule has 3 rings (SSSR count). The van der Waals surface area contributed by atoms with Gasteiger partial charge in [-0.25, -0.2) is 0 Å². The fraction of sp³-hybridized carbons (Fsp3) is 0.364. The highest BCUT2D eigenvalue weighted by Crippen LogP contribution is 2.17. The van der Waals surface area contributed by atoms with E-state index in [0.29, 0.717) is 35.7 Å². The number of para-hydroxylation sites is 1. The maximum absolute atomic E-state index is 12.4. The zero-order valence-corrected chi connectivity index (χ0v) is 16.7. The molecule has 0 bridgehead atoms. The maximum Gasteiger partial charge on any atom is 0.257 e. The van der Waals surface area contributed by atoms with Crippen molar-refractivity contribution in [2.75, 3.05) is 13.2 Å². The Bertz CT molecular complexity index is 776. The molecule has 6 heteroatoms. The van der Waals surface area contributed by atoms with Crippen molar-refractivity contribution in [3.63, 3.8) is 0 Å². The molecule has 2 aromatic carbocycles. The number of ether oxygens (including phenoxy) is 2. The summed E-state index contributed by atoms with van der Waals surface area (Å²) in [6.07, 6.45) is 5.90. The SMILES string of the molecule is O=C(NC(=S)NC1CCCCC1)c1cccc(OCCOc2ccccc2)c1. The second kappa shape index (κ2) is 10.7. The largest absolute Gasteiger partial charge is 0.490 e. The van der Waals surface area contributed by atoms with Crippen LogP contribution in [0.1, 0.15) is 42.5 Å². The van der Waals surface area contributed by atoms with Crippen LogP contribution in [0.5, 0.6) is 11.5 Å². The van der Waals surface area contributed by atoms with Gasteiger partial charge in [-0.1, -0.05) is 43.5 Å². The molecular formula is C22H26N2O3S. The van der Waals surface area contributed by atoms with E-state index in [2.05, 4.69) is 10.6 Å². The highest BCUT2D eigenvalue weighted by Gasteiger charge is 2.15. The van der Waals surface area contributed by atoms with Gasteiger partial charge in [-0.05, 0) is 55.4 Å². The molecule has 0 aliphatic heterocycles. The second-order valence-electron chi connectivity index (χ2n) is 6.80. The Morgan fingerprint density at radius 1 is 0.929 bits per heavy atom. The lowest BCUT2D eigenvalue weighted by Crippen LogP contribution is -2.45. The number of thiocarbonyl (C=S) groups is 1. The van der Waals surface area contributed by atoms with Crippen molar-refractivity contribution in [3.8, 4) is 11.5 Å². The number of hydrogen-bond acceptors (Lipinski definition) is 4. The number of hydrogen-bond donors (Lipinski definition) is 2. The molecular weight excluding hydrogens is 372 g/mol. The molecule has 1 aliphatic carbocycles. The number of nitrogens with one attached hydrogen (secondary N) is 2. The van der Waals surface area contributed by atoms with Crippen LogP contribution in [0.25, 0.3) is 0 Å². The van der Waals surface area contributed by atoms with Gasteiger partial charge in [0.05, 0.1) is 0 Å². The molecule has 0 atom stereocenters. The summed E-state index contributed by atoms with van der Waals surface area (Å²) < 4.78 is 11.3. The first kappa shape index (κ1) is 20.1. The summed E-state index contributed by atoms with van der Waals surface area (Å²) in [4.78, 5) is 12.4. The Balaban J connectivity index is 1.43. The lowest BCUT2D eigenvalue weighted by atomic mass is 9.96. The fourth-order valence-electron chi connectivity index (χ4n) is 3.21. The van der Waals surface area contributed by atoms with Gasteiger partial charge in [0, 0.05) is 11.6 Å². The Kier molecular flexibility index (Phi) is 7.67. The second-order valence-corrected chi connectivity index (χ2v) is 7.21. The van der Waals surface area contributed by atoms with Gasteiger partial charge in [-0.2, -0.15) is 0 Å². The van der Waals surface area contributed by atoms with Gasteiger partial charge >= 0.3 is 0 Å². The van der Waals surface area contributed by atoms with E-state index in [0.717, 1.165) is 18.6 Å². The zero-order valence-electron chi connectivity index (χ0n) is 15.9. The van der Waals surface area contributed by atoms with Crippen molar-refractivity contribution in [2.24, 2.45) is 0 Å². The molecule has 0 saturated heterocycles. The van der Waals surface area contributed by atoms with Crippen LogP contribution in [0.2, 0.25) is 0 Å². The Morgan fingerprint density at radius 3 is 2.36 bits per heavy atom. The van der Waals surface area contributed by atoms with E-state index >= 15 is 0 Å². The van der Waals surface area contributed by atoms with Crippen molar-refractivity contribution in [1.29, 1.82) is 0 Å². The normalized spacial score (nSPS) is 14.1. The Labute approximate surface area is 171 Å². The zero-order chi connectivity index (χ0) is 19.6. The summed E-state index contributed by atoms with van der Waals surface area (Å²) in [5.41, 5.74) is 0.509. The van der Waals surface area contributed by atoms with Gasteiger partial charge in [-0.3, -0.25) is 10.1 Å². The minimum atomic E-state index is -0.237. The smallest absolute Gasteiger partial charge is 0.257 e. The van der Waals surface area contributed by atoms with Crippen LogP contribution in [0.3, 0.4) is 0 Å². The van der Waals surface area contributed by atoms with Gasteiger partial charge in [0.25, 0.3) is 5.91 Å². The standard InChI is InChI=1S/C22H26N2O3S/c25-21(24-22(28)23-18-9-3-1-4-10-18)17-8-7-13-20(16-17)27-15-14-26-19-11-5-2-6-12-19/h2,5-8,11-13,16,18H,1,3-4,9-10,14-15H2,(H2,23,24,25,28). The van der Waals surface area contributed by atoms with E-state index in [4.69, 9.17) is 21.7 Å². The van der Waals surface area contributed by atoms with Gasteiger partial charge in [-0.15, -0.1) is 0 Å². The van der Waals surface area contributed by atoms with Gasteiger partial charge in [0.2, 0.25) is 0 Å². The number of carbonyl (C=O) groups excluding carboxylic acids is 1. The van der Waals surface area contributed by atoms with Crippen LogP contribution >= 0.6 is 12.2 Å². The lowest BCUT2D eigenvalue weighted by molar-refractivity contribution is 0.0976. The van der Waals surface area contributed by atoms with E-state index in [1.165, 1.54) is 19.3 Å². The molecule has 148 valence electrons. The molecule has 28 heavy (non-hydrogen) atoms. The summed E-state index contributed by atoms with van der Waals surface area (Å²) in [6.45, 7) is 0.817. The molecule has 1 amide bonds. The minimum absolute atomic E-state index is 0.237. The summed E-state index contributed by atoms with van der Waals surface area (Å²) in [5.74, 6) is 1.19. The summed E-state index contributed by atoms with van der Waals surface area (Å²) in [5, 5.41) is 6.39. The molecule has 5 nitrogen and oxygen atoms in total. The molecule has 2 aromatic rings.